The molecule has 17 heavy (non-hydrogen) atoms. The van der Waals surface area contributed by atoms with Crippen LogP contribution in [0.4, 0.5) is 0 Å². The molecule has 3 nitrogen and oxygen atoms in total. The monoisotopic (exact) mass is 243 g/mol. The lowest BCUT2D eigenvalue weighted by Gasteiger charge is -2.01. The van der Waals surface area contributed by atoms with E-state index in [1.54, 1.807) is 0 Å². The van der Waals surface area contributed by atoms with Crippen molar-refractivity contribution in [3.63, 3.8) is 0 Å². The number of ether oxygens (including phenoxy) is 1. The number of benzene rings is 2. The topological polar surface area (TPSA) is 39.2 Å². The van der Waals surface area contributed by atoms with Crippen LogP contribution in [0.25, 0.3) is 20.9 Å². The van der Waals surface area contributed by atoms with Crippen LogP contribution in [0, 0.1) is 0 Å². The van der Waals surface area contributed by atoms with E-state index in [0.717, 1.165) is 20.9 Å². The first kappa shape index (κ1) is 10.2. The van der Waals surface area contributed by atoms with Crippen molar-refractivity contribution >= 4 is 38.4 Å². The number of carbonyl (C=O) groups is 1. The third-order valence-electron chi connectivity index (χ3n) is 2.57. The van der Waals surface area contributed by atoms with Gasteiger partial charge in [-0.2, -0.15) is 4.37 Å². The predicted octanol–water partition coefficient (Wildman–Crippen LogP) is 3.37. The molecule has 3 aromatic rings. The van der Waals surface area contributed by atoms with Crippen molar-refractivity contribution in [3.8, 4) is 5.88 Å². The largest absolute Gasteiger partial charge is 0.406 e. The van der Waals surface area contributed by atoms with E-state index in [-0.39, 0.29) is 5.97 Å². The van der Waals surface area contributed by atoms with Gasteiger partial charge < -0.3 is 4.74 Å². The highest BCUT2D eigenvalue weighted by molar-refractivity contribution is 7.13. The van der Waals surface area contributed by atoms with Gasteiger partial charge in [0.05, 0.1) is 10.1 Å². The van der Waals surface area contributed by atoms with E-state index in [2.05, 4.69) is 4.37 Å². The van der Waals surface area contributed by atoms with Crippen molar-refractivity contribution < 1.29 is 9.53 Å². The maximum atomic E-state index is 11.0. The fourth-order valence-corrected chi connectivity index (χ4v) is 2.62. The Bertz CT molecular complexity index is 718. The second-order valence-corrected chi connectivity index (χ2v) is 4.55. The van der Waals surface area contributed by atoms with Gasteiger partial charge >= 0.3 is 5.97 Å². The third-order valence-corrected chi connectivity index (χ3v) is 3.37. The zero-order chi connectivity index (χ0) is 11.8. The van der Waals surface area contributed by atoms with Crippen LogP contribution in [0.15, 0.2) is 36.4 Å². The van der Waals surface area contributed by atoms with E-state index in [0.29, 0.717) is 5.88 Å². The highest BCUT2D eigenvalue weighted by atomic mass is 32.1. The molecule has 0 amide bonds. The van der Waals surface area contributed by atoms with Gasteiger partial charge in [0, 0.05) is 6.92 Å². The molecule has 0 N–H and O–H groups in total. The zero-order valence-electron chi connectivity index (χ0n) is 9.14. The summed E-state index contributed by atoms with van der Waals surface area (Å²) in [7, 11) is 0. The molecular formula is C13H9NO2S. The first-order chi connectivity index (χ1) is 8.25. The first-order valence-corrected chi connectivity index (χ1v) is 5.98. The van der Waals surface area contributed by atoms with E-state index in [1.807, 2.05) is 36.4 Å². The summed E-state index contributed by atoms with van der Waals surface area (Å²) in [5.41, 5.74) is 0. The molecule has 3 rings (SSSR count). The van der Waals surface area contributed by atoms with Gasteiger partial charge in [-0.25, -0.2) is 0 Å². The lowest BCUT2D eigenvalue weighted by molar-refractivity contribution is -0.132. The van der Waals surface area contributed by atoms with Crippen LogP contribution in [0.1, 0.15) is 6.92 Å². The minimum absolute atomic E-state index is 0.342. The first-order valence-electron chi connectivity index (χ1n) is 5.21. The smallest absolute Gasteiger partial charge is 0.309 e. The highest BCUT2D eigenvalue weighted by Crippen LogP contribution is 2.35. The van der Waals surface area contributed by atoms with E-state index in [4.69, 9.17) is 4.74 Å². The van der Waals surface area contributed by atoms with Gasteiger partial charge in [-0.05, 0) is 28.4 Å². The van der Waals surface area contributed by atoms with E-state index < -0.39 is 0 Å². The molecule has 0 spiro atoms. The van der Waals surface area contributed by atoms with Crippen molar-refractivity contribution in [2.24, 2.45) is 0 Å². The molecule has 0 bridgehead atoms. The van der Waals surface area contributed by atoms with Crippen molar-refractivity contribution in [3.05, 3.63) is 36.4 Å². The van der Waals surface area contributed by atoms with E-state index in [9.17, 15) is 4.79 Å². The molecule has 1 aromatic heterocycles. The third kappa shape index (κ3) is 1.66. The SMILES string of the molecule is CC(=O)Oc1nsc2ccc3ccccc3c12. The lowest BCUT2D eigenvalue weighted by Crippen LogP contribution is -2.01. The van der Waals surface area contributed by atoms with Crippen LogP contribution in [-0.2, 0) is 4.79 Å². The number of carbonyl (C=O) groups excluding carboxylic acids is 1. The van der Waals surface area contributed by atoms with Crippen LogP contribution in [0.2, 0.25) is 0 Å². The predicted molar refractivity (Wildman–Crippen MR) is 68.4 cm³/mol. The van der Waals surface area contributed by atoms with Gasteiger partial charge in [-0.3, -0.25) is 4.79 Å². The van der Waals surface area contributed by atoms with Crippen molar-refractivity contribution in [2.75, 3.05) is 0 Å². The quantitative estimate of drug-likeness (QED) is 0.615. The second kappa shape index (κ2) is 3.82. The maximum absolute atomic E-state index is 11.0. The molecular weight excluding hydrogens is 234 g/mol. The summed E-state index contributed by atoms with van der Waals surface area (Å²) in [5, 5.41) is 3.10. The summed E-state index contributed by atoms with van der Waals surface area (Å²) in [6.45, 7) is 1.39. The van der Waals surface area contributed by atoms with Gasteiger partial charge in [0.15, 0.2) is 0 Å². The summed E-state index contributed by atoms with van der Waals surface area (Å²) >= 11 is 1.34. The molecule has 0 aliphatic carbocycles. The van der Waals surface area contributed by atoms with Crippen molar-refractivity contribution in [1.82, 2.24) is 4.37 Å². The van der Waals surface area contributed by atoms with Crippen molar-refractivity contribution in [1.29, 1.82) is 0 Å². The summed E-state index contributed by atoms with van der Waals surface area (Å²) in [6, 6.07) is 12.1. The number of hydrogen-bond donors (Lipinski definition) is 0. The van der Waals surface area contributed by atoms with Crippen LogP contribution in [0.3, 0.4) is 0 Å². The second-order valence-electron chi connectivity index (χ2n) is 3.74. The molecule has 0 aliphatic rings. The maximum Gasteiger partial charge on any atom is 0.309 e. The standard InChI is InChI=1S/C13H9NO2S/c1-8(15)16-13-12-10-5-3-2-4-9(10)6-7-11(12)17-14-13/h2-7H,1H3. The zero-order valence-corrected chi connectivity index (χ0v) is 9.95. The summed E-state index contributed by atoms with van der Waals surface area (Å²) in [6.07, 6.45) is 0. The van der Waals surface area contributed by atoms with Gasteiger partial charge in [0.1, 0.15) is 0 Å². The Balaban J connectivity index is 2.38. The summed E-state index contributed by atoms with van der Waals surface area (Å²) in [4.78, 5) is 11.0. The number of nitrogens with zero attached hydrogens (tertiary/aromatic N) is 1. The Hall–Kier alpha value is -1.94. The van der Waals surface area contributed by atoms with Gasteiger partial charge in [-0.15, -0.1) is 0 Å². The van der Waals surface area contributed by atoms with Gasteiger partial charge in [0.2, 0.25) is 5.88 Å². The fourth-order valence-electron chi connectivity index (χ4n) is 1.89. The number of rotatable bonds is 1. The Kier molecular flexibility index (Phi) is 2.30. The van der Waals surface area contributed by atoms with Crippen LogP contribution < -0.4 is 4.74 Å². The molecule has 84 valence electrons. The molecule has 0 saturated heterocycles. The van der Waals surface area contributed by atoms with Crippen LogP contribution in [-0.4, -0.2) is 10.3 Å². The van der Waals surface area contributed by atoms with Crippen LogP contribution in [0.5, 0.6) is 5.88 Å². The minimum Gasteiger partial charge on any atom is -0.406 e. The Morgan fingerprint density at radius 2 is 2.06 bits per heavy atom. The molecule has 0 saturated carbocycles. The summed E-state index contributed by atoms with van der Waals surface area (Å²) < 4.78 is 10.3. The molecule has 4 heteroatoms. The molecule has 0 radical (unpaired) electrons. The lowest BCUT2D eigenvalue weighted by atomic mass is 10.1. The van der Waals surface area contributed by atoms with Gasteiger partial charge in [0.25, 0.3) is 0 Å². The minimum atomic E-state index is -0.342. The number of fused-ring (bicyclic) bond motifs is 3. The molecule has 0 fully saturated rings. The van der Waals surface area contributed by atoms with E-state index in [1.165, 1.54) is 18.5 Å². The van der Waals surface area contributed by atoms with E-state index >= 15 is 0 Å². The van der Waals surface area contributed by atoms with Gasteiger partial charge in [-0.1, -0.05) is 30.3 Å². The average molecular weight is 243 g/mol. The molecule has 0 aliphatic heterocycles. The number of hydrogen-bond acceptors (Lipinski definition) is 4. The van der Waals surface area contributed by atoms with Crippen LogP contribution >= 0.6 is 11.5 Å². The summed E-state index contributed by atoms with van der Waals surface area (Å²) in [5.74, 6) is 0.0689. The highest BCUT2D eigenvalue weighted by Gasteiger charge is 2.12. The Labute approximate surface area is 102 Å². The number of esters is 1. The molecule has 2 aromatic carbocycles. The Morgan fingerprint density at radius 3 is 2.88 bits per heavy atom. The molecule has 0 atom stereocenters. The molecule has 0 unspecified atom stereocenters. The normalized spacial score (nSPS) is 10.9. The average Bonchev–Trinajstić information content (AvgIpc) is 2.72. The fraction of sp³-hybridized carbons (Fsp3) is 0.0769. The Morgan fingerprint density at radius 1 is 1.24 bits per heavy atom. The van der Waals surface area contributed by atoms with Crippen molar-refractivity contribution in [2.45, 2.75) is 6.92 Å². The molecule has 1 heterocycles. The number of aromatic nitrogens is 1.